The summed E-state index contributed by atoms with van der Waals surface area (Å²) in [6.45, 7) is 8.30. The van der Waals surface area contributed by atoms with E-state index in [1.54, 1.807) is 7.11 Å². The summed E-state index contributed by atoms with van der Waals surface area (Å²) >= 11 is 0. The molecule has 0 spiro atoms. The van der Waals surface area contributed by atoms with Crippen molar-refractivity contribution < 1.29 is 14.3 Å². The number of carbonyl (C=O) groups is 1. The SMILES string of the molecule is COc1cccc(CC(=O)N2CCN(C3=Nc4ccc(C)cc4Oc4ccc(C)cc43)CC2C)c1. The number of piperazine rings is 1. The predicted molar refractivity (Wildman–Crippen MR) is 138 cm³/mol. The summed E-state index contributed by atoms with van der Waals surface area (Å²) in [7, 11) is 1.64. The normalized spacial score (nSPS) is 17.0. The number of ether oxygens (including phenoxy) is 2. The molecule has 2 heterocycles. The van der Waals surface area contributed by atoms with Crippen molar-refractivity contribution in [2.24, 2.45) is 4.99 Å². The van der Waals surface area contributed by atoms with Crippen molar-refractivity contribution in [3.05, 3.63) is 82.9 Å². The number of benzene rings is 3. The van der Waals surface area contributed by atoms with Crippen molar-refractivity contribution in [2.75, 3.05) is 26.7 Å². The van der Waals surface area contributed by atoms with Crippen molar-refractivity contribution in [3.8, 4) is 17.2 Å². The molecule has 3 aromatic rings. The van der Waals surface area contributed by atoms with Gasteiger partial charge < -0.3 is 19.3 Å². The Kier molecular flexibility index (Phi) is 6.20. The van der Waals surface area contributed by atoms with E-state index in [9.17, 15) is 4.79 Å². The van der Waals surface area contributed by atoms with Crippen molar-refractivity contribution in [2.45, 2.75) is 33.2 Å². The van der Waals surface area contributed by atoms with E-state index in [2.05, 4.69) is 43.9 Å². The van der Waals surface area contributed by atoms with Gasteiger partial charge in [0.1, 0.15) is 23.0 Å². The number of hydrogen-bond acceptors (Lipinski definition) is 5. The van der Waals surface area contributed by atoms with Crippen molar-refractivity contribution in [3.63, 3.8) is 0 Å². The van der Waals surface area contributed by atoms with Crippen LogP contribution in [0.1, 0.15) is 29.2 Å². The van der Waals surface area contributed by atoms with E-state index >= 15 is 0 Å². The van der Waals surface area contributed by atoms with Gasteiger partial charge in [0, 0.05) is 25.7 Å². The summed E-state index contributed by atoms with van der Waals surface area (Å²) in [5.41, 5.74) is 5.06. The molecule has 1 saturated heterocycles. The standard InChI is InChI=1S/C29H31N3O3/c1-19-9-11-26-24(14-19)29(30-25-10-8-20(2)15-27(25)35-26)31-12-13-32(21(3)18-31)28(33)17-22-6-5-7-23(16-22)34-4/h5-11,14-16,21H,12-13,17-18H2,1-4H3. The second kappa shape index (κ2) is 9.45. The van der Waals surface area contributed by atoms with E-state index < -0.39 is 0 Å². The number of aliphatic imine (C=N–C) groups is 1. The lowest BCUT2D eigenvalue weighted by atomic mass is 10.1. The third-order valence-corrected chi connectivity index (χ3v) is 6.67. The Morgan fingerprint density at radius 2 is 1.83 bits per heavy atom. The molecule has 6 heteroatoms. The topological polar surface area (TPSA) is 54.4 Å². The molecule has 0 saturated carbocycles. The minimum atomic E-state index is 0.0551. The Bertz CT molecular complexity index is 1300. The van der Waals surface area contributed by atoms with Gasteiger partial charge in [0.25, 0.3) is 0 Å². The Morgan fingerprint density at radius 1 is 1.03 bits per heavy atom. The van der Waals surface area contributed by atoms with Crippen LogP contribution in [0.2, 0.25) is 0 Å². The first-order chi connectivity index (χ1) is 16.9. The van der Waals surface area contributed by atoms with Gasteiger partial charge in [-0.1, -0.05) is 29.8 Å². The van der Waals surface area contributed by atoms with E-state index in [0.717, 1.165) is 51.0 Å². The van der Waals surface area contributed by atoms with Gasteiger partial charge in [0.05, 0.1) is 19.1 Å². The molecule has 0 radical (unpaired) electrons. The van der Waals surface area contributed by atoms with Gasteiger partial charge in [-0.2, -0.15) is 0 Å². The zero-order valence-corrected chi connectivity index (χ0v) is 20.7. The van der Waals surface area contributed by atoms with Crippen molar-refractivity contribution in [1.29, 1.82) is 0 Å². The minimum Gasteiger partial charge on any atom is -0.497 e. The lowest BCUT2D eigenvalue weighted by Crippen LogP contribution is -2.55. The van der Waals surface area contributed by atoms with Gasteiger partial charge in [-0.3, -0.25) is 4.79 Å². The van der Waals surface area contributed by atoms with E-state index in [0.29, 0.717) is 26.1 Å². The quantitative estimate of drug-likeness (QED) is 0.524. The van der Waals surface area contributed by atoms with E-state index in [1.807, 2.05) is 47.4 Å². The summed E-state index contributed by atoms with van der Waals surface area (Å²) in [6, 6.07) is 20.1. The number of amides is 1. The first-order valence-electron chi connectivity index (χ1n) is 12.1. The minimum absolute atomic E-state index is 0.0551. The summed E-state index contributed by atoms with van der Waals surface area (Å²) in [5, 5.41) is 0. The Balaban J connectivity index is 1.39. The van der Waals surface area contributed by atoms with Crippen molar-refractivity contribution >= 4 is 17.4 Å². The number of aryl methyl sites for hydroxylation is 2. The first kappa shape index (κ1) is 23.0. The molecule has 1 amide bonds. The van der Waals surface area contributed by atoms with Crippen molar-refractivity contribution in [1.82, 2.24) is 9.80 Å². The van der Waals surface area contributed by atoms with Crippen LogP contribution in [0.25, 0.3) is 0 Å². The maximum absolute atomic E-state index is 13.2. The smallest absolute Gasteiger partial charge is 0.227 e. The van der Waals surface area contributed by atoms with E-state index in [-0.39, 0.29) is 11.9 Å². The molecule has 0 aliphatic carbocycles. The molecular formula is C29H31N3O3. The average molecular weight is 470 g/mol. The highest BCUT2D eigenvalue weighted by atomic mass is 16.5. The monoisotopic (exact) mass is 469 g/mol. The molecule has 2 aliphatic heterocycles. The largest absolute Gasteiger partial charge is 0.497 e. The molecule has 1 atom stereocenters. The number of fused-ring (bicyclic) bond motifs is 2. The predicted octanol–water partition coefficient (Wildman–Crippen LogP) is 5.27. The van der Waals surface area contributed by atoms with Crippen LogP contribution in [0.5, 0.6) is 17.2 Å². The molecule has 0 N–H and O–H groups in total. The number of carbonyl (C=O) groups excluding carboxylic acids is 1. The second-order valence-corrected chi connectivity index (χ2v) is 9.42. The molecule has 0 bridgehead atoms. The zero-order valence-electron chi connectivity index (χ0n) is 20.7. The molecule has 0 aromatic heterocycles. The lowest BCUT2D eigenvalue weighted by Gasteiger charge is -2.41. The summed E-state index contributed by atoms with van der Waals surface area (Å²) in [5.74, 6) is 3.38. The van der Waals surface area contributed by atoms with Crippen LogP contribution in [0.3, 0.4) is 0 Å². The highest BCUT2D eigenvalue weighted by molar-refractivity contribution is 6.04. The zero-order chi connectivity index (χ0) is 24.5. The molecule has 1 unspecified atom stereocenters. The fraction of sp³-hybridized carbons (Fsp3) is 0.310. The number of nitrogens with zero attached hydrogens (tertiary/aromatic N) is 3. The van der Waals surface area contributed by atoms with Crippen LogP contribution in [-0.2, 0) is 11.2 Å². The fourth-order valence-corrected chi connectivity index (χ4v) is 4.82. The van der Waals surface area contributed by atoms with Gasteiger partial charge in [0.2, 0.25) is 5.91 Å². The number of methoxy groups -OCH3 is 1. The molecule has 6 nitrogen and oxygen atoms in total. The van der Waals surface area contributed by atoms with Gasteiger partial charge in [-0.25, -0.2) is 4.99 Å². The highest BCUT2D eigenvalue weighted by Gasteiger charge is 2.31. The molecule has 1 fully saturated rings. The summed E-state index contributed by atoms with van der Waals surface area (Å²) in [6.07, 6.45) is 0.366. The number of amidine groups is 1. The second-order valence-electron chi connectivity index (χ2n) is 9.42. The van der Waals surface area contributed by atoms with E-state index in [4.69, 9.17) is 14.5 Å². The Hall–Kier alpha value is -3.80. The van der Waals surface area contributed by atoms with Gasteiger partial charge in [-0.05, 0) is 68.3 Å². The van der Waals surface area contributed by atoms with Gasteiger partial charge in [0.15, 0.2) is 5.75 Å². The van der Waals surface area contributed by atoms with E-state index in [1.165, 1.54) is 0 Å². The molecule has 180 valence electrons. The molecule has 35 heavy (non-hydrogen) atoms. The van der Waals surface area contributed by atoms with Crippen LogP contribution in [0, 0.1) is 13.8 Å². The third kappa shape index (κ3) is 4.74. The van der Waals surface area contributed by atoms with Crippen LogP contribution in [0.4, 0.5) is 5.69 Å². The fourth-order valence-electron chi connectivity index (χ4n) is 4.82. The van der Waals surface area contributed by atoms with Gasteiger partial charge in [-0.15, -0.1) is 0 Å². The Morgan fingerprint density at radius 3 is 2.63 bits per heavy atom. The summed E-state index contributed by atoms with van der Waals surface area (Å²) < 4.78 is 11.6. The van der Waals surface area contributed by atoms with Gasteiger partial charge >= 0.3 is 0 Å². The first-order valence-corrected chi connectivity index (χ1v) is 12.1. The number of rotatable bonds is 3. The molecule has 2 aliphatic rings. The van der Waals surface area contributed by atoms with Crippen LogP contribution in [-0.4, -0.2) is 54.3 Å². The Labute approximate surface area is 206 Å². The van der Waals surface area contributed by atoms with Crippen LogP contribution >= 0.6 is 0 Å². The highest BCUT2D eigenvalue weighted by Crippen LogP contribution is 2.39. The number of hydrogen-bond donors (Lipinski definition) is 0. The lowest BCUT2D eigenvalue weighted by molar-refractivity contribution is -0.134. The van der Waals surface area contributed by atoms with Crippen LogP contribution < -0.4 is 9.47 Å². The summed E-state index contributed by atoms with van der Waals surface area (Å²) in [4.78, 5) is 22.5. The molecule has 3 aromatic carbocycles. The molecular weight excluding hydrogens is 438 g/mol. The maximum Gasteiger partial charge on any atom is 0.227 e. The maximum atomic E-state index is 13.2. The average Bonchev–Trinajstić information content (AvgIpc) is 3.00. The van der Waals surface area contributed by atoms with Crippen LogP contribution in [0.15, 0.2) is 65.7 Å². The third-order valence-electron chi connectivity index (χ3n) is 6.67. The molecule has 5 rings (SSSR count).